The van der Waals surface area contributed by atoms with Crippen LogP contribution >= 0.6 is 11.6 Å². The van der Waals surface area contributed by atoms with Gasteiger partial charge in [0.15, 0.2) is 0 Å². The Morgan fingerprint density at radius 2 is 1.86 bits per heavy atom. The average Bonchev–Trinajstić information content (AvgIpc) is 2.66. The highest BCUT2D eigenvalue weighted by atomic mass is 35.5. The largest absolute Gasteiger partial charge is 0.494 e. The maximum Gasteiger partial charge on any atom is 0.260 e. The Morgan fingerprint density at radius 3 is 2.45 bits per heavy atom. The molecule has 0 radical (unpaired) electrons. The Balaban J connectivity index is 2.14. The van der Waals surface area contributed by atoms with Crippen molar-refractivity contribution in [3.8, 4) is 5.75 Å². The lowest BCUT2D eigenvalue weighted by Crippen LogP contribution is -2.39. The number of ether oxygens (including phenoxy) is 1. The highest BCUT2D eigenvalue weighted by Crippen LogP contribution is 2.26. The number of hydrogen-bond acceptors (Lipinski definition) is 5. The van der Waals surface area contributed by atoms with E-state index in [9.17, 15) is 13.2 Å². The Kier molecular flexibility index (Phi) is 7.64. The fourth-order valence-electron chi connectivity index (χ4n) is 2.57. The van der Waals surface area contributed by atoms with Gasteiger partial charge in [0.25, 0.3) is 5.91 Å². The number of hydrogen-bond donors (Lipinski definition) is 1. The van der Waals surface area contributed by atoms with E-state index in [0.29, 0.717) is 28.6 Å². The Hall–Kier alpha value is -2.58. The van der Waals surface area contributed by atoms with Crippen molar-refractivity contribution in [1.29, 1.82) is 0 Å². The van der Waals surface area contributed by atoms with Crippen LogP contribution in [0.1, 0.15) is 25.0 Å². The van der Waals surface area contributed by atoms with Crippen LogP contribution in [-0.2, 0) is 14.8 Å². The molecule has 0 atom stereocenters. The molecule has 1 amide bonds. The maximum atomic E-state index is 12.4. The lowest BCUT2D eigenvalue weighted by atomic mass is 10.1. The van der Waals surface area contributed by atoms with E-state index in [1.807, 2.05) is 31.2 Å². The second-order valence-corrected chi connectivity index (χ2v) is 8.73. The van der Waals surface area contributed by atoms with Crippen LogP contribution in [0.25, 0.3) is 0 Å². The Bertz CT molecular complexity index is 1000. The van der Waals surface area contributed by atoms with Crippen molar-refractivity contribution >= 4 is 38.9 Å². The Labute approximate surface area is 176 Å². The van der Waals surface area contributed by atoms with Gasteiger partial charge < -0.3 is 4.74 Å². The smallest absolute Gasteiger partial charge is 0.260 e. The van der Waals surface area contributed by atoms with Crippen molar-refractivity contribution in [2.24, 2.45) is 5.10 Å². The number of nitrogens with one attached hydrogen (secondary N) is 1. The molecule has 0 saturated carbocycles. The van der Waals surface area contributed by atoms with Gasteiger partial charge in [-0.05, 0) is 68.3 Å². The van der Waals surface area contributed by atoms with E-state index in [4.69, 9.17) is 16.3 Å². The summed E-state index contributed by atoms with van der Waals surface area (Å²) in [7, 11) is -3.70. The van der Waals surface area contributed by atoms with Gasteiger partial charge in [-0.1, -0.05) is 17.7 Å². The molecule has 2 rings (SSSR count). The van der Waals surface area contributed by atoms with Crippen LogP contribution in [0.5, 0.6) is 5.75 Å². The maximum absolute atomic E-state index is 12.4. The van der Waals surface area contributed by atoms with Crippen LogP contribution in [0.2, 0.25) is 5.02 Å². The summed E-state index contributed by atoms with van der Waals surface area (Å²) in [5.41, 5.74) is 4.82. The number of hydrazone groups is 1. The number of carbonyl (C=O) groups is 1. The average molecular weight is 438 g/mol. The van der Waals surface area contributed by atoms with E-state index in [1.54, 1.807) is 26.0 Å². The summed E-state index contributed by atoms with van der Waals surface area (Å²) in [6.07, 6.45) is 1.04. The molecule has 0 unspecified atom stereocenters. The minimum Gasteiger partial charge on any atom is -0.494 e. The first kappa shape index (κ1) is 22.7. The highest BCUT2D eigenvalue weighted by molar-refractivity contribution is 7.92. The zero-order valence-corrected chi connectivity index (χ0v) is 18.3. The van der Waals surface area contributed by atoms with Crippen LogP contribution in [0.15, 0.2) is 47.6 Å². The van der Waals surface area contributed by atoms with Crippen LogP contribution in [-0.4, -0.2) is 39.4 Å². The molecule has 7 nitrogen and oxygen atoms in total. The topological polar surface area (TPSA) is 88.1 Å². The van der Waals surface area contributed by atoms with E-state index in [2.05, 4.69) is 10.5 Å². The third-order valence-electron chi connectivity index (χ3n) is 4.06. The van der Waals surface area contributed by atoms with Crippen molar-refractivity contribution in [1.82, 2.24) is 5.43 Å². The molecule has 2 aromatic carbocycles. The van der Waals surface area contributed by atoms with E-state index in [1.165, 1.54) is 6.07 Å². The SMILES string of the molecule is CCOc1ccc(/C(C)=N/NC(=O)CN(c2cc(Cl)ccc2C)S(C)(=O)=O)cc1. The number of sulfonamides is 1. The summed E-state index contributed by atoms with van der Waals surface area (Å²) in [6, 6.07) is 12.1. The molecule has 0 saturated heterocycles. The lowest BCUT2D eigenvalue weighted by Gasteiger charge is -2.23. The van der Waals surface area contributed by atoms with Crippen LogP contribution in [0, 0.1) is 6.92 Å². The predicted octanol–water partition coefficient (Wildman–Crippen LogP) is 3.35. The normalized spacial score (nSPS) is 11.8. The molecule has 0 aliphatic rings. The number of anilines is 1. The van der Waals surface area contributed by atoms with Gasteiger partial charge in [-0.2, -0.15) is 5.10 Å². The van der Waals surface area contributed by atoms with Gasteiger partial charge in [0.1, 0.15) is 12.3 Å². The fourth-order valence-corrected chi connectivity index (χ4v) is 3.64. The molecule has 0 heterocycles. The molecular formula is C20H24ClN3O4S. The van der Waals surface area contributed by atoms with Gasteiger partial charge in [0.05, 0.1) is 24.3 Å². The number of aryl methyl sites for hydroxylation is 1. The van der Waals surface area contributed by atoms with Gasteiger partial charge in [-0.25, -0.2) is 13.8 Å². The molecule has 0 fully saturated rings. The molecule has 1 N–H and O–H groups in total. The summed E-state index contributed by atoms with van der Waals surface area (Å²) in [6.45, 7) is 5.55. The third kappa shape index (κ3) is 6.47. The summed E-state index contributed by atoms with van der Waals surface area (Å²) < 4.78 is 30.9. The number of nitrogens with zero attached hydrogens (tertiary/aromatic N) is 2. The van der Waals surface area contributed by atoms with E-state index in [-0.39, 0.29) is 0 Å². The molecule has 9 heteroatoms. The molecule has 0 aromatic heterocycles. The number of benzene rings is 2. The minimum atomic E-state index is -3.70. The first-order chi connectivity index (χ1) is 13.6. The molecule has 0 bridgehead atoms. The molecule has 156 valence electrons. The zero-order valence-electron chi connectivity index (χ0n) is 16.8. The lowest BCUT2D eigenvalue weighted by molar-refractivity contribution is -0.119. The number of amides is 1. The highest BCUT2D eigenvalue weighted by Gasteiger charge is 2.22. The Morgan fingerprint density at radius 1 is 1.21 bits per heavy atom. The molecule has 0 aliphatic heterocycles. The molecular weight excluding hydrogens is 414 g/mol. The van der Waals surface area contributed by atoms with Crippen molar-refractivity contribution < 1.29 is 17.9 Å². The summed E-state index contributed by atoms with van der Waals surface area (Å²) in [5, 5.41) is 4.45. The molecule has 0 aliphatic carbocycles. The van der Waals surface area contributed by atoms with Gasteiger partial charge in [0.2, 0.25) is 10.0 Å². The standard InChI is InChI=1S/C20H24ClN3O4S/c1-5-28-18-10-7-16(8-11-18)15(3)22-23-20(25)13-24(29(4,26)27)19-12-17(21)9-6-14(19)2/h6-12H,5,13H2,1-4H3,(H,23,25)/b22-15+. The van der Waals surface area contributed by atoms with Gasteiger partial charge in [-0.3, -0.25) is 9.10 Å². The third-order valence-corrected chi connectivity index (χ3v) is 5.42. The molecule has 2 aromatic rings. The number of carbonyl (C=O) groups excluding carboxylic acids is 1. The summed E-state index contributed by atoms with van der Waals surface area (Å²) in [4.78, 5) is 12.4. The molecule has 0 spiro atoms. The second-order valence-electron chi connectivity index (χ2n) is 6.39. The van der Waals surface area contributed by atoms with Crippen LogP contribution in [0.3, 0.4) is 0 Å². The van der Waals surface area contributed by atoms with Crippen molar-refractivity contribution in [3.05, 3.63) is 58.6 Å². The van der Waals surface area contributed by atoms with E-state index >= 15 is 0 Å². The number of halogens is 1. The van der Waals surface area contributed by atoms with Gasteiger partial charge in [0, 0.05) is 5.02 Å². The first-order valence-corrected chi connectivity index (χ1v) is 11.1. The quantitative estimate of drug-likeness (QED) is 0.506. The van der Waals surface area contributed by atoms with Gasteiger partial charge >= 0.3 is 0 Å². The summed E-state index contributed by atoms with van der Waals surface area (Å²) >= 11 is 6.00. The van der Waals surface area contributed by atoms with E-state index in [0.717, 1.165) is 21.9 Å². The van der Waals surface area contributed by atoms with E-state index < -0.39 is 22.5 Å². The van der Waals surface area contributed by atoms with Crippen LogP contribution in [0.4, 0.5) is 5.69 Å². The van der Waals surface area contributed by atoms with Crippen molar-refractivity contribution in [2.75, 3.05) is 23.7 Å². The predicted molar refractivity (Wildman–Crippen MR) is 116 cm³/mol. The number of rotatable bonds is 8. The van der Waals surface area contributed by atoms with Gasteiger partial charge in [-0.15, -0.1) is 0 Å². The van der Waals surface area contributed by atoms with Crippen molar-refractivity contribution in [2.45, 2.75) is 20.8 Å². The summed E-state index contributed by atoms with van der Waals surface area (Å²) in [5.74, 6) is 0.175. The fraction of sp³-hybridized carbons (Fsp3) is 0.300. The minimum absolute atomic E-state index is 0.349. The monoisotopic (exact) mass is 437 g/mol. The molecule has 29 heavy (non-hydrogen) atoms. The van der Waals surface area contributed by atoms with Crippen LogP contribution < -0.4 is 14.5 Å². The van der Waals surface area contributed by atoms with Crippen molar-refractivity contribution in [3.63, 3.8) is 0 Å². The zero-order chi connectivity index (χ0) is 21.6. The first-order valence-electron chi connectivity index (χ1n) is 8.92. The second kappa shape index (κ2) is 9.76.